The molecule has 2 aromatic rings. The second-order valence-corrected chi connectivity index (χ2v) is 6.34. The predicted molar refractivity (Wildman–Crippen MR) is 98.6 cm³/mol. The summed E-state index contributed by atoms with van der Waals surface area (Å²) in [4.78, 5) is 0. The first kappa shape index (κ1) is 17.2. The molecule has 0 bridgehead atoms. The van der Waals surface area contributed by atoms with Gasteiger partial charge in [0.2, 0.25) is 0 Å². The topological polar surface area (TPSA) is 47.9 Å². The summed E-state index contributed by atoms with van der Waals surface area (Å²) in [6.07, 6.45) is 4.91. The Morgan fingerprint density at radius 1 is 1.16 bits per heavy atom. The predicted octanol–water partition coefficient (Wildman–Crippen LogP) is 4.75. The molecule has 0 spiro atoms. The van der Waals surface area contributed by atoms with Crippen LogP contribution in [0.5, 0.6) is 23.0 Å². The molecule has 0 saturated heterocycles. The van der Waals surface area contributed by atoms with E-state index in [1.165, 1.54) is 5.56 Å². The van der Waals surface area contributed by atoms with Crippen molar-refractivity contribution < 1.29 is 19.3 Å². The Balaban J connectivity index is 2.02. The van der Waals surface area contributed by atoms with E-state index < -0.39 is 0 Å². The van der Waals surface area contributed by atoms with Gasteiger partial charge in [0, 0.05) is 17.5 Å². The molecule has 1 aliphatic rings. The smallest absolute Gasteiger partial charge is 0.160 e. The molecule has 4 nitrogen and oxygen atoms in total. The van der Waals surface area contributed by atoms with Crippen LogP contribution in [0, 0.1) is 5.92 Å². The van der Waals surface area contributed by atoms with Crippen LogP contribution in [-0.4, -0.2) is 19.3 Å². The summed E-state index contributed by atoms with van der Waals surface area (Å²) in [5, 5.41) is 9.83. The van der Waals surface area contributed by atoms with Gasteiger partial charge in [0.1, 0.15) is 17.6 Å². The maximum atomic E-state index is 9.83. The van der Waals surface area contributed by atoms with E-state index in [1.54, 1.807) is 20.3 Å². The van der Waals surface area contributed by atoms with E-state index >= 15 is 0 Å². The number of phenolic OH excluding ortho intramolecular Hbond substituents is 1. The Bertz CT molecular complexity index is 795. The minimum absolute atomic E-state index is 0.104. The number of hydrogen-bond donors (Lipinski definition) is 1. The molecule has 0 saturated carbocycles. The third kappa shape index (κ3) is 3.29. The fourth-order valence-electron chi connectivity index (χ4n) is 3.36. The summed E-state index contributed by atoms with van der Waals surface area (Å²) >= 11 is 0. The highest BCUT2D eigenvalue weighted by Crippen LogP contribution is 2.43. The minimum atomic E-state index is -0.104. The molecule has 132 valence electrons. The number of rotatable bonds is 4. The van der Waals surface area contributed by atoms with Crippen molar-refractivity contribution in [1.82, 2.24) is 0 Å². The second-order valence-electron chi connectivity index (χ2n) is 6.34. The Labute approximate surface area is 148 Å². The van der Waals surface area contributed by atoms with Crippen LogP contribution in [0.4, 0.5) is 0 Å². The lowest BCUT2D eigenvalue weighted by molar-refractivity contribution is 0.122. The number of phenols is 1. The average molecular weight is 340 g/mol. The highest BCUT2D eigenvalue weighted by atomic mass is 16.5. The summed E-state index contributed by atoms with van der Waals surface area (Å²) in [5.74, 6) is 2.51. The number of benzene rings is 2. The van der Waals surface area contributed by atoms with Gasteiger partial charge in [-0.15, -0.1) is 0 Å². The second kappa shape index (κ2) is 7.09. The van der Waals surface area contributed by atoms with Gasteiger partial charge in [-0.3, -0.25) is 0 Å². The molecule has 4 heteroatoms. The summed E-state index contributed by atoms with van der Waals surface area (Å²) in [6.45, 7) is 4.18. The Morgan fingerprint density at radius 3 is 2.64 bits per heavy atom. The lowest BCUT2D eigenvalue weighted by atomic mass is 9.86. The number of aromatic hydroxyl groups is 1. The van der Waals surface area contributed by atoms with Gasteiger partial charge in [0.25, 0.3) is 0 Å². The van der Waals surface area contributed by atoms with Crippen LogP contribution >= 0.6 is 0 Å². The summed E-state index contributed by atoms with van der Waals surface area (Å²) in [6, 6.07) is 9.36. The first-order chi connectivity index (χ1) is 12.1. The maximum absolute atomic E-state index is 9.83. The van der Waals surface area contributed by atoms with E-state index in [1.807, 2.05) is 37.3 Å². The largest absolute Gasteiger partial charge is 0.504 e. The minimum Gasteiger partial charge on any atom is -0.504 e. The van der Waals surface area contributed by atoms with Crippen molar-refractivity contribution in [2.45, 2.75) is 26.4 Å². The zero-order valence-corrected chi connectivity index (χ0v) is 15.1. The zero-order valence-electron chi connectivity index (χ0n) is 15.1. The highest BCUT2D eigenvalue weighted by Gasteiger charge is 2.30. The van der Waals surface area contributed by atoms with Crippen LogP contribution in [-0.2, 0) is 6.42 Å². The Hall–Kier alpha value is -2.62. The molecular formula is C21H24O4. The van der Waals surface area contributed by atoms with Gasteiger partial charge < -0.3 is 19.3 Å². The van der Waals surface area contributed by atoms with Gasteiger partial charge in [0.15, 0.2) is 11.5 Å². The lowest BCUT2D eigenvalue weighted by Gasteiger charge is -2.33. The molecular weight excluding hydrogens is 316 g/mol. The van der Waals surface area contributed by atoms with E-state index in [9.17, 15) is 5.11 Å². The third-order valence-electron chi connectivity index (χ3n) is 4.63. The molecule has 0 radical (unpaired) electrons. The normalized spacial score (nSPS) is 19.4. The van der Waals surface area contributed by atoms with Crippen LogP contribution in [0.2, 0.25) is 0 Å². The SMILES string of the molecule is CC=Cc1cc(OC)cc2c1CC(C)C(c1ccc(O)c(OC)c1)O2. The van der Waals surface area contributed by atoms with Crippen LogP contribution in [0.3, 0.4) is 0 Å². The number of ether oxygens (including phenoxy) is 3. The monoisotopic (exact) mass is 340 g/mol. The summed E-state index contributed by atoms with van der Waals surface area (Å²) in [5.41, 5.74) is 3.32. The molecule has 25 heavy (non-hydrogen) atoms. The molecule has 3 rings (SSSR count). The van der Waals surface area contributed by atoms with Crippen LogP contribution < -0.4 is 14.2 Å². The maximum Gasteiger partial charge on any atom is 0.160 e. The van der Waals surface area contributed by atoms with Crippen LogP contribution in [0.25, 0.3) is 6.08 Å². The number of hydrogen-bond acceptors (Lipinski definition) is 4. The Kier molecular flexibility index (Phi) is 4.88. The van der Waals surface area contributed by atoms with Crippen LogP contribution in [0.15, 0.2) is 36.4 Å². The van der Waals surface area contributed by atoms with Crippen molar-refractivity contribution in [2.75, 3.05) is 14.2 Å². The van der Waals surface area contributed by atoms with Gasteiger partial charge in [0.05, 0.1) is 14.2 Å². The fourth-order valence-corrected chi connectivity index (χ4v) is 3.36. The molecule has 2 aromatic carbocycles. The number of allylic oxidation sites excluding steroid dienone is 1. The van der Waals surface area contributed by atoms with E-state index in [0.717, 1.165) is 29.0 Å². The van der Waals surface area contributed by atoms with E-state index in [-0.39, 0.29) is 11.9 Å². The van der Waals surface area contributed by atoms with Gasteiger partial charge in [-0.25, -0.2) is 0 Å². The number of fused-ring (bicyclic) bond motifs is 1. The van der Waals surface area contributed by atoms with Gasteiger partial charge in [-0.05, 0) is 42.7 Å². The molecule has 1 heterocycles. The summed E-state index contributed by atoms with van der Waals surface area (Å²) < 4.78 is 17.0. The molecule has 2 unspecified atom stereocenters. The fraction of sp³-hybridized carbons (Fsp3) is 0.333. The van der Waals surface area contributed by atoms with Crippen molar-refractivity contribution in [2.24, 2.45) is 5.92 Å². The molecule has 2 atom stereocenters. The first-order valence-corrected chi connectivity index (χ1v) is 8.44. The third-order valence-corrected chi connectivity index (χ3v) is 4.63. The molecule has 1 aliphatic heterocycles. The molecule has 1 N–H and O–H groups in total. The highest BCUT2D eigenvalue weighted by molar-refractivity contribution is 5.62. The number of methoxy groups -OCH3 is 2. The first-order valence-electron chi connectivity index (χ1n) is 8.44. The summed E-state index contributed by atoms with van der Waals surface area (Å²) in [7, 11) is 3.21. The van der Waals surface area contributed by atoms with E-state index in [4.69, 9.17) is 14.2 Å². The van der Waals surface area contributed by atoms with Gasteiger partial charge in [-0.2, -0.15) is 0 Å². The van der Waals surface area contributed by atoms with Crippen molar-refractivity contribution >= 4 is 6.08 Å². The van der Waals surface area contributed by atoms with Gasteiger partial charge in [-0.1, -0.05) is 25.1 Å². The zero-order chi connectivity index (χ0) is 18.0. The quantitative estimate of drug-likeness (QED) is 0.872. The van der Waals surface area contributed by atoms with Crippen molar-refractivity contribution in [3.8, 4) is 23.0 Å². The van der Waals surface area contributed by atoms with Crippen molar-refractivity contribution in [1.29, 1.82) is 0 Å². The Morgan fingerprint density at radius 2 is 1.96 bits per heavy atom. The van der Waals surface area contributed by atoms with E-state index in [2.05, 4.69) is 13.0 Å². The van der Waals surface area contributed by atoms with E-state index in [0.29, 0.717) is 11.7 Å². The van der Waals surface area contributed by atoms with Crippen molar-refractivity contribution in [3.05, 3.63) is 53.1 Å². The van der Waals surface area contributed by atoms with Crippen molar-refractivity contribution in [3.63, 3.8) is 0 Å². The molecule has 0 amide bonds. The lowest BCUT2D eigenvalue weighted by Crippen LogP contribution is -2.24. The standard InChI is InChI=1S/C21H24O4/c1-5-6-14-10-16(23-3)12-19-17(14)9-13(2)21(25-19)15-7-8-18(22)20(11-15)24-4/h5-8,10-13,21-22H,9H2,1-4H3. The van der Waals surface area contributed by atoms with Crippen LogP contribution in [0.1, 0.15) is 36.6 Å². The molecule has 0 fully saturated rings. The average Bonchev–Trinajstić information content (AvgIpc) is 2.62. The van der Waals surface area contributed by atoms with Gasteiger partial charge >= 0.3 is 0 Å². The molecule has 0 aromatic heterocycles. The molecule has 0 aliphatic carbocycles.